The Morgan fingerprint density at radius 3 is 2.32 bits per heavy atom. The second kappa shape index (κ2) is 11.5. The zero-order valence-corrected chi connectivity index (χ0v) is 23.5. The van der Waals surface area contributed by atoms with E-state index >= 15 is 0 Å². The van der Waals surface area contributed by atoms with Gasteiger partial charge in [-0.1, -0.05) is 17.3 Å². The molecule has 2 aromatic rings. The number of benzene rings is 1. The molecule has 0 aliphatic carbocycles. The number of carbonyl (C=O) groups is 2. The summed E-state index contributed by atoms with van der Waals surface area (Å²) in [7, 11) is 0. The number of ether oxygens (including phenoxy) is 2. The number of urea groups is 1. The minimum atomic E-state index is -4.43. The number of amides is 3. The predicted molar refractivity (Wildman–Crippen MR) is 140 cm³/mol. The van der Waals surface area contributed by atoms with Crippen molar-refractivity contribution in [1.82, 2.24) is 24.8 Å². The van der Waals surface area contributed by atoms with E-state index in [0.29, 0.717) is 76.1 Å². The Morgan fingerprint density at radius 2 is 1.66 bits per heavy atom. The third kappa shape index (κ3) is 6.77. The van der Waals surface area contributed by atoms with Gasteiger partial charge in [0.25, 0.3) is 0 Å². The molecular weight excluding hydrogens is 543 g/mol. The van der Waals surface area contributed by atoms with Crippen LogP contribution in [0.3, 0.4) is 0 Å². The van der Waals surface area contributed by atoms with Gasteiger partial charge in [-0.2, -0.15) is 18.2 Å². The standard InChI is InChI=1S/C28H36F3N5O5/c1-27(2,3)40-26(38)36-10-4-5-22(36)24-32-23(33-41-24)20-15-19(18-6-8-21(9-7-18)28(29,30)31)16-35(17-20)25(37)34-11-13-39-14-12-34/h6-9,19-20,22H,4-5,10-17H2,1-3H3/t19?,20?,22-/m0/s1. The summed E-state index contributed by atoms with van der Waals surface area (Å²) < 4.78 is 56.1. The number of likely N-dealkylation sites (tertiary alicyclic amines) is 2. The van der Waals surface area contributed by atoms with E-state index in [-0.39, 0.29) is 17.9 Å². The van der Waals surface area contributed by atoms with Crippen LogP contribution in [0.2, 0.25) is 0 Å². The second-order valence-corrected chi connectivity index (χ2v) is 11.9. The van der Waals surface area contributed by atoms with E-state index in [9.17, 15) is 22.8 Å². The number of alkyl halides is 3. The first-order valence-electron chi connectivity index (χ1n) is 14.0. The molecule has 2 unspecified atom stereocenters. The maximum Gasteiger partial charge on any atom is 0.416 e. The van der Waals surface area contributed by atoms with Crippen LogP contribution in [-0.4, -0.2) is 88.5 Å². The van der Waals surface area contributed by atoms with Crippen LogP contribution < -0.4 is 0 Å². The van der Waals surface area contributed by atoms with Gasteiger partial charge in [0, 0.05) is 44.6 Å². The Morgan fingerprint density at radius 1 is 0.976 bits per heavy atom. The average molecular weight is 580 g/mol. The molecule has 3 atom stereocenters. The van der Waals surface area contributed by atoms with Gasteiger partial charge in [-0.15, -0.1) is 0 Å². The van der Waals surface area contributed by atoms with E-state index < -0.39 is 29.5 Å². The van der Waals surface area contributed by atoms with Gasteiger partial charge in [0.1, 0.15) is 11.6 Å². The number of halogens is 3. The Labute approximate surface area is 236 Å². The topological polar surface area (TPSA) is 101 Å². The third-order valence-corrected chi connectivity index (χ3v) is 7.70. The summed E-state index contributed by atoms with van der Waals surface area (Å²) in [5.74, 6) is 0.182. The van der Waals surface area contributed by atoms with Crippen LogP contribution >= 0.6 is 0 Å². The van der Waals surface area contributed by atoms with Crippen LogP contribution in [0.15, 0.2) is 28.8 Å². The zero-order chi connectivity index (χ0) is 29.4. The number of carbonyl (C=O) groups excluding carboxylic acids is 2. The molecule has 3 aliphatic heterocycles. The predicted octanol–water partition coefficient (Wildman–Crippen LogP) is 5.19. The van der Waals surface area contributed by atoms with Gasteiger partial charge >= 0.3 is 18.3 Å². The van der Waals surface area contributed by atoms with Gasteiger partial charge in [0.15, 0.2) is 5.82 Å². The summed E-state index contributed by atoms with van der Waals surface area (Å²) in [5.41, 5.74) is -0.655. The summed E-state index contributed by atoms with van der Waals surface area (Å²) in [4.78, 5) is 36.0. The fourth-order valence-corrected chi connectivity index (χ4v) is 5.69. The van der Waals surface area contributed by atoms with E-state index in [0.717, 1.165) is 18.6 Å². The summed E-state index contributed by atoms with van der Waals surface area (Å²) in [6, 6.07) is 4.55. The summed E-state index contributed by atoms with van der Waals surface area (Å²) in [6.07, 6.45) is -2.93. The van der Waals surface area contributed by atoms with Crippen LogP contribution in [0.25, 0.3) is 0 Å². The number of rotatable bonds is 3. The van der Waals surface area contributed by atoms with E-state index in [1.165, 1.54) is 12.1 Å². The molecule has 5 rings (SSSR count). The van der Waals surface area contributed by atoms with Crippen molar-refractivity contribution in [3.63, 3.8) is 0 Å². The second-order valence-electron chi connectivity index (χ2n) is 11.9. The first kappa shape index (κ1) is 29.2. The van der Waals surface area contributed by atoms with E-state index in [1.54, 1.807) is 35.5 Å². The lowest BCUT2D eigenvalue weighted by molar-refractivity contribution is -0.137. The summed E-state index contributed by atoms with van der Waals surface area (Å²) in [6.45, 7) is 8.48. The summed E-state index contributed by atoms with van der Waals surface area (Å²) in [5, 5.41) is 4.25. The largest absolute Gasteiger partial charge is 0.444 e. The van der Waals surface area contributed by atoms with Crippen LogP contribution in [-0.2, 0) is 15.7 Å². The molecule has 4 heterocycles. The van der Waals surface area contributed by atoms with Gasteiger partial charge in [-0.25, -0.2) is 9.59 Å². The molecule has 3 saturated heterocycles. The Hall–Kier alpha value is -3.35. The van der Waals surface area contributed by atoms with E-state index in [4.69, 9.17) is 14.0 Å². The minimum Gasteiger partial charge on any atom is -0.444 e. The van der Waals surface area contributed by atoms with Crippen molar-refractivity contribution >= 4 is 12.1 Å². The van der Waals surface area contributed by atoms with Crippen molar-refractivity contribution in [2.24, 2.45) is 0 Å². The number of morpholine rings is 1. The lowest BCUT2D eigenvalue weighted by Crippen LogP contribution is -2.52. The molecule has 0 saturated carbocycles. The molecular formula is C28H36F3N5O5. The fourth-order valence-electron chi connectivity index (χ4n) is 5.69. The molecule has 1 aromatic heterocycles. The highest BCUT2D eigenvalue weighted by atomic mass is 19.4. The zero-order valence-electron chi connectivity index (χ0n) is 23.5. The van der Waals surface area contributed by atoms with Crippen molar-refractivity contribution in [2.45, 2.75) is 69.7 Å². The first-order chi connectivity index (χ1) is 19.4. The lowest BCUT2D eigenvalue weighted by atomic mass is 9.84. The molecule has 1 aromatic carbocycles. The van der Waals surface area contributed by atoms with Crippen molar-refractivity contribution in [3.8, 4) is 0 Å². The number of aromatic nitrogens is 2. The molecule has 3 amide bonds. The monoisotopic (exact) mass is 579 g/mol. The van der Waals surface area contributed by atoms with Crippen molar-refractivity contribution < 1.29 is 36.8 Å². The molecule has 10 nitrogen and oxygen atoms in total. The van der Waals surface area contributed by atoms with Gasteiger partial charge in [-0.3, -0.25) is 4.90 Å². The number of hydrogen-bond acceptors (Lipinski definition) is 7. The third-order valence-electron chi connectivity index (χ3n) is 7.70. The highest BCUT2D eigenvalue weighted by Crippen LogP contribution is 2.38. The van der Waals surface area contributed by atoms with Crippen LogP contribution in [0, 0.1) is 0 Å². The smallest absolute Gasteiger partial charge is 0.416 e. The van der Waals surface area contributed by atoms with E-state index in [1.807, 2.05) is 0 Å². The van der Waals surface area contributed by atoms with E-state index in [2.05, 4.69) is 10.1 Å². The van der Waals surface area contributed by atoms with Crippen molar-refractivity contribution in [3.05, 3.63) is 47.1 Å². The normalized spacial score (nSPS) is 24.0. The molecule has 0 radical (unpaired) electrons. The first-order valence-corrected chi connectivity index (χ1v) is 14.0. The quantitative estimate of drug-likeness (QED) is 0.494. The van der Waals surface area contributed by atoms with Gasteiger partial charge in [0.05, 0.1) is 18.8 Å². The van der Waals surface area contributed by atoms with Crippen LogP contribution in [0.4, 0.5) is 22.8 Å². The molecule has 0 spiro atoms. The van der Waals surface area contributed by atoms with Crippen molar-refractivity contribution in [1.29, 1.82) is 0 Å². The molecule has 0 N–H and O–H groups in total. The Bertz CT molecular complexity index is 1220. The number of nitrogens with zero attached hydrogens (tertiary/aromatic N) is 5. The maximum atomic E-state index is 13.5. The lowest BCUT2D eigenvalue weighted by Gasteiger charge is -2.40. The Balaban J connectivity index is 1.37. The van der Waals surface area contributed by atoms with Gasteiger partial charge < -0.3 is 23.8 Å². The van der Waals surface area contributed by atoms with Crippen LogP contribution in [0.5, 0.6) is 0 Å². The molecule has 3 fully saturated rings. The van der Waals surface area contributed by atoms with Gasteiger partial charge in [-0.05, 0) is 57.7 Å². The Kier molecular flexibility index (Phi) is 8.18. The van der Waals surface area contributed by atoms with Gasteiger partial charge in [0.2, 0.25) is 5.89 Å². The molecule has 13 heteroatoms. The maximum absolute atomic E-state index is 13.5. The summed E-state index contributed by atoms with van der Waals surface area (Å²) >= 11 is 0. The average Bonchev–Trinajstić information content (AvgIpc) is 3.62. The molecule has 3 aliphatic rings. The fraction of sp³-hybridized carbons (Fsp3) is 0.643. The van der Waals surface area contributed by atoms with Crippen LogP contribution in [0.1, 0.15) is 80.8 Å². The SMILES string of the molecule is CC(C)(C)OC(=O)N1CCC[C@H]1c1nc(C2CC(c3ccc(C(F)(F)F)cc3)CN(C(=O)N3CCOCC3)C2)no1. The van der Waals surface area contributed by atoms with Crippen molar-refractivity contribution in [2.75, 3.05) is 45.9 Å². The molecule has 0 bridgehead atoms. The number of piperidine rings is 1. The highest BCUT2D eigenvalue weighted by molar-refractivity contribution is 5.75. The number of hydrogen-bond donors (Lipinski definition) is 0. The minimum absolute atomic E-state index is 0.148. The molecule has 41 heavy (non-hydrogen) atoms. The highest BCUT2D eigenvalue weighted by Gasteiger charge is 2.40. The molecule has 224 valence electrons.